The van der Waals surface area contributed by atoms with Crippen LogP contribution in [0.3, 0.4) is 0 Å². The van der Waals surface area contributed by atoms with Gasteiger partial charge >= 0.3 is 0 Å². The molecule has 0 saturated carbocycles. The van der Waals surface area contributed by atoms with E-state index in [1.807, 2.05) is 52.9 Å². The first-order chi connectivity index (χ1) is 8.72. The van der Waals surface area contributed by atoms with Crippen LogP contribution in [0.4, 0.5) is 4.39 Å². The second-order valence-electron chi connectivity index (χ2n) is 3.67. The quantitative estimate of drug-likeness (QED) is 0.769. The number of ether oxygens (including phenoxy) is 2. The lowest BCUT2D eigenvalue weighted by Crippen LogP contribution is -1.99. The summed E-state index contributed by atoms with van der Waals surface area (Å²) in [5.41, 5.74) is 1.00. The molecule has 0 atom stereocenters. The number of halogens is 2. The van der Waals surface area contributed by atoms with Crippen molar-refractivity contribution >= 4 is 22.6 Å². The van der Waals surface area contributed by atoms with E-state index in [1.165, 1.54) is 7.11 Å². The van der Waals surface area contributed by atoms with Crippen molar-refractivity contribution in [3.8, 4) is 11.5 Å². The van der Waals surface area contributed by atoms with Crippen molar-refractivity contribution in [2.24, 2.45) is 0 Å². The Bertz CT molecular complexity index is 529. The molecule has 0 aliphatic rings. The van der Waals surface area contributed by atoms with Crippen molar-refractivity contribution in [1.82, 2.24) is 0 Å². The Hall–Kier alpha value is -1.30. The number of benzene rings is 2. The number of hydrogen-bond donors (Lipinski definition) is 0. The van der Waals surface area contributed by atoms with E-state index in [9.17, 15) is 4.39 Å². The molecule has 0 N–H and O–H groups in total. The predicted octanol–water partition coefficient (Wildman–Crippen LogP) is 4.02. The molecule has 0 fully saturated rings. The van der Waals surface area contributed by atoms with E-state index in [-0.39, 0.29) is 11.6 Å². The van der Waals surface area contributed by atoms with Gasteiger partial charge in [0.15, 0.2) is 11.6 Å². The third-order valence-electron chi connectivity index (χ3n) is 2.47. The highest BCUT2D eigenvalue weighted by Gasteiger charge is 2.12. The summed E-state index contributed by atoms with van der Waals surface area (Å²) in [6.07, 6.45) is 0. The van der Waals surface area contributed by atoms with Crippen molar-refractivity contribution in [2.75, 3.05) is 7.11 Å². The summed E-state index contributed by atoms with van der Waals surface area (Å²) < 4.78 is 24.9. The molecule has 2 aromatic rings. The fourth-order valence-electron chi connectivity index (χ4n) is 1.52. The summed E-state index contributed by atoms with van der Waals surface area (Å²) in [5, 5.41) is 0. The highest BCUT2D eigenvalue weighted by atomic mass is 127. The Morgan fingerprint density at radius 1 is 1.06 bits per heavy atom. The van der Waals surface area contributed by atoms with E-state index in [0.717, 1.165) is 5.56 Å². The summed E-state index contributed by atoms with van der Waals surface area (Å²) in [5.74, 6) is 0.370. The summed E-state index contributed by atoms with van der Waals surface area (Å²) in [6, 6.07) is 12.9. The molecule has 0 spiro atoms. The van der Waals surface area contributed by atoms with Crippen LogP contribution in [-0.2, 0) is 6.61 Å². The normalized spacial score (nSPS) is 10.2. The van der Waals surface area contributed by atoms with Gasteiger partial charge in [0.1, 0.15) is 12.4 Å². The molecule has 0 radical (unpaired) electrons. The van der Waals surface area contributed by atoms with Gasteiger partial charge in [-0.3, -0.25) is 0 Å². The second-order valence-corrected chi connectivity index (χ2v) is 4.75. The van der Waals surface area contributed by atoms with Crippen LogP contribution in [0.5, 0.6) is 11.5 Å². The molecular weight excluding hydrogens is 346 g/mol. The van der Waals surface area contributed by atoms with Gasteiger partial charge in [-0.05, 0) is 40.3 Å². The molecule has 2 rings (SSSR count). The van der Waals surface area contributed by atoms with E-state index in [0.29, 0.717) is 15.9 Å². The molecular formula is C14H12FIO2. The van der Waals surface area contributed by atoms with Crippen molar-refractivity contribution in [2.45, 2.75) is 6.61 Å². The van der Waals surface area contributed by atoms with Gasteiger partial charge in [0.2, 0.25) is 0 Å². The lowest BCUT2D eigenvalue weighted by Gasteiger charge is -2.10. The van der Waals surface area contributed by atoms with Crippen LogP contribution < -0.4 is 9.47 Å². The summed E-state index contributed by atoms with van der Waals surface area (Å²) >= 11 is 1.90. The van der Waals surface area contributed by atoms with Crippen molar-refractivity contribution in [3.63, 3.8) is 0 Å². The Balaban J connectivity index is 2.13. The molecule has 0 unspecified atom stereocenters. The molecule has 4 heteroatoms. The lowest BCUT2D eigenvalue weighted by molar-refractivity contribution is 0.288. The van der Waals surface area contributed by atoms with Crippen LogP contribution in [0.15, 0.2) is 42.5 Å². The van der Waals surface area contributed by atoms with Gasteiger partial charge in [-0.1, -0.05) is 30.3 Å². The minimum Gasteiger partial charge on any atom is -0.496 e. The first-order valence-electron chi connectivity index (χ1n) is 5.41. The molecule has 0 amide bonds. The maximum absolute atomic E-state index is 13.9. The summed E-state index contributed by atoms with van der Waals surface area (Å²) in [6.45, 7) is 0.347. The van der Waals surface area contributed by atoms with Gasteiger partial charge in [-0.2, -0.15) is 0 Å². The van der Waals surface area contributed by atoms with Crippen LogP contribution in [0.2, 0.25) is 0 Å². The zero-order chi connectivity index (χ0) is 13.0. The Labute approximate surface area is 119 Å². The molecule has 0 aliphatic carbocycles. The van der Waals surface area contributed by atoms with Gasteiger partial charge in [-0.15, -0.1) is 0 Å². The molecule has 0 aliphatic heterocycles. The van der Waals surface area contributed by atoms with Crippen LogP contribution >= 0.6 is 22.6 Å². The average Bonchev–Trinajstić information content (AvgIpc) is 2.42. The van der Waals surface area contributed by atoms with E-state index >= 15 is 0 Å². The van der Waals surface area contributed by atoms with E-state index in [4.69, 9.17) is 9.47 Å². The fourth-order valence-corrected chi connectivity index (χ4v) is 2.18. The number of hydrogen-bond acceptors (Lipinski definition) is 2. The Morgan fingerprint density at radius 2 is 1.72 bits per heavy atom. The molecule has 0 aromatic heterocycles. The molecule has 2 nitrogen and oxygen atoms in total. The van der Waals surface area contributed by atoms with Crippen molar-refractivity contribution in [3.05, 3.63) is 57.4 Å². The summed E-state index contributed by atoms with van der Waals surface area (Å²) in [7, 11) is 1.52. The minimum absolute atomic E-state index is 0.240. The molecule has 0 saturated heterocycles. The molecule has 2 aromatic carbocycles. The van der Waals surface area contributed by atoms with Crippen molar-refractivity contribution in [1.29, 1.82) is 0 Å². The van der Waals surface area contributed by atoms with Gasteiger partial charge in [0.25, 0.3) is 0 Å². The zero-order valence-corrected chi connectivity index (χ0v) is 12.0. The van der Waals surface area contributed by atoms with Gasteiger partial charge in [0.05, 0.1) is 10.7 Å². The van der Waals surface area contributed by atoms with Gasteiger partial charge in [0, 0.05) is 0 Å². The minimum atomic E-state index is -0.383. The largest absolute Gasteiger partial charge is 0.496 e. The summed E-state index contributed by atoms with van der Waals surface area (Å²) in [4.78, 5) is 0. The zero-order valence-electron chi connectivity index (χ0n) is 9.82. The highest BCUT2D eigenvalue weighted by molar-refractivity contribution is 14.1. The average molecular weight is 358 g/mol. The van der Waals surface area contributed by atoms with Crippen LogP contribution in [0.1, 0.15) is 5.56 Å². The van der Waals surface area contributed by atoms with E-state index < -0.39 is 0 Å². The molecule has 0 bridgehead atoms. The maximum atomic E-state index is 13.9. The smallest absolute Gasteiger partial charge is 0.182 e. The molecule has 94 valence electrons. The van der Waals surface area contributed by atoms with Gasteiger partial charge < -0.3 is 9.47 Å². The Morgan fingerprint density at radius 3 is 2.39 bits per heavy atom. The van der Waals surface area contributed by atoms with Crippen LogP contribution in [0.25, 0.3) is 0 Å². The molecule has 18 heavy (non-hydrogen) atoms. The number of methoxy groups -OCH3 is 1. The first-order valence-corrected chi connectivity index (χ1v) is 6.49. The number of rotatable bonds is 4. The van der Waals surface area contributed by atoms with E-state index in [2.05, 4.69) is 0 Å². The highest BCUT2D eigenvalue weighted by Crippen LogP contribution is 2.30. The first kappa shape index (κ1) is 13.1. The Kier molecular flexibility index (Phi) is 4.41. The second kappa shape index (κ2) is 6.04. The fraction of sp³-hybridized carbons (Fsp3) is 0.143. The molecule has 0 heterocycles. The van der Waals surface area contributed by atoms with Crippen molar-refractivity contribution < 1.29 is 13.9 Å². The third kappa shape index (κ3) is 2.93. The monoisotopic (exact) mass is 358 g/mol. The van der Waals surface area contributed by atoms with Crippen LogP contribution in [0, 0.1) is 9.39 Å². The lowest BCUT2D eigenvalue weighted by atomic mass is 10.2. The van der Waals surface area contributed by atoms with E-state index in [1.54, 1.807) is 12.1 Å². The third-order valence-corrected chi connectivity index (χ3v) is 3.47. The maximum Gasteiger partial charge on any atom is 0.182 e. The van der Waals surface area contributed by atoms with Gasteiger partial charge in [-0.25, -0.2) is 4.39 Å². The van der Waals surface area contributed by atoms with Crippen LogP contribution in [-0.4, -0.2) is 7.11 Å². The standard InChI is InChI=1S/C14H12FIO2/c1-17-12-8-7-11(13(15)14(12)16)18-9-10-5-3-2-4-6-10/h2-8H,9H2,1H3. The topological polar surface area (TPSA) is 18.5 Å². The predicted molar refractivity (Wildman–Crippen MR) is 76.4 cm³/mol. The SMILES string of the molecule is COc1ccc(OCc2ccccc2)c(F)c1I.